The van der Waals surface area contributed by atoms with Gasteiger partial charge in [-0.25, -0.2) is 0 Å². The first-order chi connectivity index (χ1) is 15.9. The van der Waals surface area contributed by atoms with E-state index < -0.39 is 15.6 Å². The molecule has 1 N–H and O–H groups in total. The Morgan fingerprint density at radius 2 is 1.09 bits per heavy atom. The van der Waals surface area contributed by atoms with Crippen LogP contribution >= 0.6 is 0 Å². The van der Waals surface area contributed by atoms with Gasteiger partial charge in [-0.05, 0) is 48.9 Å². The monoisotopic (exact) mass is 482 g/mol. The van der Waals surface area contributed by atoms with E-state index in [-0.39, 0.29) is 6.42 Å². The molecule has 0 saturated heterocycles. The van der Waals surface area contributed by atoms with Gasteiger partial charge in [-0.2, -0.15) is 8.42 Å². The number of unbranched alkanes of at least 4 members (excludes halogenated alkanes) is 12. The Balaban J connectivity index is 2.72. The van der Waals surface area contributed by atoms with Crippen LogP contribution in [0.15, 0.2) is 18.2 Å². The minimum atomic E-state index is -4.24. The summed E-state index contributed by atoms with van der Waals surface area (Å²) in [6.45, 7) is 6.38. The van der Waals surface area contributed by atoms with E-state index in [1.807, 2.05) is 19.1 Å². The van der Waals surface area contributed by atoms with Gasteiger partial charge in [0.25, 0.3) is 0 Å². The van der Waals surface area contributed by atoms with Crippen LogP contribution < -0.4 is 4.74 Å². The molecule has 1 aromatic carbocycles. The third-order valence-electron chi connectivity index (χ3n) is 6.29. The van der Waals surface area contributed by atoms with Crippen LogP contribution in [0.2, 0.25) is 0 Å². The molecule has 0 aliphatic rings. The van der Waals surface area contributed by atoms with Crippen molar-refractivity contribution in [3.05, 3.63) is 29.3 Å². The fourth-order valence-electron chi connectivity index (χ4n) is 4.31. The van der Waals surface area contributed by atoms with Crippen LogP contribution in [0.5, 0.6) is 5.75 Å². The highest BCUT2D eigenvalue weighted by Crippen LogP contribution is 2.24. The number of rotatable bonds is 21. The van der Waals surface area contributed by atoms with Gasteiger partial charge >= 0.3 is 10.1 Å². The zero-order valence-corrected chi connectivity index (χ0v) is 22.4. The van der Waals surface area contributed by atoms with Crippen molar-refractivity contribution in [3.63, 3.8) is 0 Å². The van der Waals surface area contributed by atoms with Crippen molar-refractivity contribution in [3.8, 4) is 5.75 Å². The first-order valence-corrected chi connectivity index (χ1v) is 15.2. The molecule has 0 aromatic heterocycles. The summed E-state index contributed by atoms with van der Waals surface area (Å²) in [7, 11) is -4.24. The quantitative estimate of drug-likeness (QED) is 0.141. The smallest absolute Gasteiger partial charge is 0.303 e. The molecule has 0 saturated carbocycles. The van der Waals surface area contributed by atoms with Crippen molar-refractivity contribution >= 4 is 10.1 Å². The maximum Gasteiger partial charge on any atom is 0.303 e. The van der Waals surface area contributed by atoms with Gasteiger partial charge in [0.2, 0.25) is 5.44 Å². The molecule has 0 bridgehead atoms. The first-order valence-electron chi connectivity index (χ1n) is 13.7. The largest absolute Gasteiger partial charge is 0.472 e. The molecular weight excluding hydrogens is 432 g/mol. The molecule has 33 heavy (non-hydrogen) atoms. The Morgan fingerprint density at radius 1 is 0.667 bits per heavy atom. The van der Waals surface area contributed by atoms with Crippen LogP contribution in [0.1, 0.15) is 135 Å². The van der Waals surface area contributed by atoms with Crippen LogP contribution in [-0.4, -0.2) is 18.4 Å². The molecule has 192 valence electrons. The summed E-state index contributed by atoms with van der Waals surface area (Å²) in [5, 5.41) is 0. The molecule has 1 unspecified atom stereocenters. The normalized spacial score (nSPS) is 12.7. The Morgan fingerprint density at radius 3 is 1.48 bits per heavy atom. The van der Waals surface area contributed by atoms with Crippen LogP contribution in [-0.2, 0) is 23.0 Å². The van der Waals surface area contributed by atoms with Gasteiger partial charge in [-0.15, -0.1) is 0 Å². The second kappa shape index (κ2) is 18.3. The molecule has 1 rings (SSSR count). The van der Waals surface area contributed by atoms with Crippen LogP contribution in [0.25, 0.3) is 0 Å². The molecule has 4 nitrogen and oxygen atoms in total. The van der Waals surface area contributed by atoms with E-state index in [4.69, 9.17) is 4.74 Å². The molecule has 0 aliphatic carbocycles. The van der Waals surface area contributed by atoms with Crippen LogP contribution in [0.3, 0.4) is 0 Å². The van der Waals surface area contributed by atoms with Gasteiger partial charge in [0.15, 0.2) is 0 Å². The minimum Gasteiger partial charge on any atom is -0.472 e. The van der Waals surface area contributed by atoms with Crippen molar-refractivity contribution in [2.24, 2.45) is 0 Å². The summed E-state index contributed by atoms with van der Waals surface area (Å²) in [6, 6.07) is 6.21. The van der Waals surface area contributed by atoms with E-state index in [1.165, 1.54) is 88.2 Å². The second-order valence-corrected chi connectivity index (χ2v) is 11.1. The summed E-state index contributed by atoms with van der Waals surface area (Å²) in [5.41, 5.74) is 1.23. The maximum absolute atomic E-state index is 11.8. The number of hydrogen-bond acceptors (Lipinski definition) is 3. The molecule has 0 fully saturated rings. The van der Waals surface area contributed by atoms with Crippen molar-refractivity contribution < 1.29 is 17.7 Å². The number of benzene rings is 1. The predicted molar refractivity (Wildman–Crippen MR) is 141 cm³/mol. The fraction of sp³-hybridized carbons (Fsp3) is 0.786. The van der Waals surface area contributed by atoms with Crippen molar-refractivity contribution in [2.45, 2.75) is 142 Å². The summed E-state index contributed by atoms with van der Waals surface area (Å²) in [4.78, 5) is 0. The Hall–Kier alpha value is -1.07. The zero-order chi connectivity index (χ0) is 24.4. The highest BCUT2D eigenvalue weighted by Gasteiger charge is 2.24. The standard InChI is InChI=1S/C28H50O4S/c1-4-7-9-11-13-15-17-20-25-22-26(21-18-16-14-12-10-8-5-2)24-27(23-25)32-28(19-6-3)33(29,30)31/h22-24,28H,4-21H2,1-3H3,(H,29,30,31). The van der Waals surface area contributed by atoms with E-state index in [0.29, 0.717) is 12.2 Å². The van der Waals surface area contributed by atoms with E-state index >= 15 is 0 Å². The number of aryl methyl sites for hydroxylation is 2. The minimum absolute atomic E-state index is 0.286. The summed E-state index contributed by atoms with van der Waals surface area (Å²) < 4.78 is 38.9. The van der Waals surface area contributed by atoms with E-state index in [9.17, 15) is 13.0 Å². The predicted octanol–water partition coefficient (Wildman–Crippen LogP) is 8.67. The Kier molecular flexibility index (Phi) is 16.6. The lowest BCUT2D eigenvalue weighted by atomic mass is 9.99. The van der Waals surface area contributed by atoms with Gasteiger partial charge in [0.1, 0.15) is 5.75 Å². The highest BCUT2D eigenvalue weighted by atomic mass is 32.2. The highest BCUT2D eigenvalue weighted by molar-refractivity contribution is 7.86. The average Bonchev–Trinajstić information content (AvgIpc) is 2.77. The Bertz CT molecular complexity index is 678. The number of ether oxygens (including phenoxy) is 1. The summed E-state index contributed by atoms with van der Waals surface area (Å²) in [5.74, 6) is 0.574. The lowest BCUT2D eigenvalue weighted by Gasteiger charge is -2.17. The second-order valence-electron chi connectivity index (χ2n) is 9.58. The molecule has 5 heteroatoms. The van der Waals surface area contributed by atoms with Crippen LogP contribution in [0, 0.1) is 0 Å². The van der Waals surface area contributed by atoms with Crippen molar-refractivity contribution in [2.75, 3.05) is 0 Å². The lowest BCUT2D eigenvalue weighted by molar-refractivity contribution is 0.245. The van der Waals surface area contributed by atoms with E-state index in [2.05, 4.69) is 19.9 Å². The topological polar surface area (TPSA) is 63.6 Å². The van der Waals surface area contributed by atoms with Gasteiger partial charge in [0.05, 0.1) is 0 Å². The van der Waals surface area contributed by atoms with E-state index in [1.54, 1.807) is 0 Å². The van der Waals surface area contributed by atoms with Gasteiger partial charge < -0.3 is 4.74 Å². The zero-order valence-electron chi connectivity index (χ0n) is 21.6. The molecule has 0 radical (unpaired) electrons. The third kappa shape index (κ3) is 14.7. The van der Waals surface area contributed by atoms with Crippen molar-refractivity contribution in [1.29, 1.82) is 0 Å². The fourth-order valence-corrected chi connectivity index (χ4v) is 5.08. The van der Waals surface area contributed by atoms with Crippen LogP contribution in [0.4, 0.5) is 0 Å². The molecule has 0 amide bonds. The van der Waals surface area contributed by atoms with E-state index in [0.717, 1.165) is 25.7 Å². The lowest BCUT2D eigenvalue weighted by Crippen LogP contribution is -2.26. The first kappa shape index (κ1) is 30.0. The molecule has 0 spiro atoms. The van der Waals surface area contributed by atoms with Gasteiger partial charge in [0, 0.05) is 6.42 Å². The molecular formula is C28H50O4S. The molecule has 1 atom stereocenters. The van der Waals surface area contributed by atoms with Gasteiger partial charge in [-0.3, -0.25) is 4.55 Å². The third-order valence-corrected chi connectivity index (χ3v) is 7.28. The van der Waals surface area contributed by atoms with Gasteiger partial charge in [-0.1, -0.05) is 110 Å². The molecule has 0 heterocycles. The SMILES string of the molecule is CCCCCCCCCc1cc(CCCCCCCCC)cc(OC(CCC)S(=O)(=O)O)c1. The summed E-state index contributed by atoms with van der Waals surface area (Å²) in [6.07, 6.45) is 20.7. The average molecular weight is 483 g/mol. The molecule has 1 aromatic rings. The van der Waals surface area contributed by atoms with Crippen molar-refractivity contribution in [1.82, 2.24) is 0 Å². The Labute approximate surface area is 204 Å². The summed E-state index contributed by atoms with van der Waals surface area (Å²) >= 11 is 0. The maximum atomic E-state index is 11.8. The molecule has 0 aliphatic heterocycles. The number of hydrogen-bond donors (Lipinski definition) is 1.